The molecule has 0 aliphatic rings. The van der Waals surface area contributed by atoms with Gasteiger partial charge in [0.2, 0.25) is 0 Å². The summed E-state index contributed by atoms with van der Waals surface area (Å²) < 4.78 is 14.9. The molecule has 4 heteroatoms. The third-order valence-corrected chi connectivity index (χ3v) is 4.49. The SMILES string of the molecule is CCNC(Cc1ccc(Br)cc1)Cc1ccc(F)c(Br)c1. The van der Waals surface area contributed by atoms with Crippen LogP contribution in [0, 0.1) is 5.82 Å². The Morgan fingerprint density at radius 3 is 2.24 bits per heavy atom. The summed E-state index contributed by atoms with van der Waals surface area (Å²) in [4.78, 5) is 0. The van der Waals surface area contributed by atoms with E-state index in [1.807, 2.05) is 12.1 Å². The maximum atomic E-state index is 13.3. The van der Waals surface area contributed by atoms with Crippen LogP contribution in [0.15, 0.2) is 51.4 Å². The van der Waals surface area contributed by atoms with E-state index >= 15 is 0 Å². The molecule has 0 amide bonds. The Bertz CT molecular complexity index is 584. The molecule has 1 atom stereocenters. The zero-order valence-electron chi connectivity index (χ0n) is 11.9. The lowest BCUT2D eigenvalue weighted by molar-refractivity contribution is 0.520. The Hall–Kier alpha value is -0.710. The van der Waals surface area contributed by atoms with Crippen molar-refractivity contribution in [2.24, 2.45) is 0 Å². The predicted octanol–water partition coefficient (Wildman–Crippen LogP) is 5.11. The van der Waals surface area contributed by atoms with E-state index in [9.17, 15) is 4.39 Å². The molecular formula is C17H18Br2FN. The Morgan fingerprint density at radius 1 is 1.00 bits per heavy atom. The van der Waals surface area contributed by atoms with Crippen LogP contribution < -0.4 is 5.32 Å². The second kappa shape index (κ2) is 8.06. The minimum absolute atomic E-state index is 0.216. The number of hydrogen-bond donors (Lipinski definition) is 1. The molecule has 0 saturated heterocycles. The van der Waals surface area contributed by atoms with Gasteiger partial charge in [-0.2, -0.15) is 0 Å². The van der Waals surface area contributed by atoms with Gasteiger partial charge >= 0.3 is 0 Å². The summed E-state index contributed by atoms with van der Waals surface area (Å²) >= 11 is 6.70. The Balaban J connectivity index is 2.07. The van der Waals surface area contributed by atoms with Crippen LogP contribution in [0.2, 0.25) is 0 Å². The van der Waals surface area contributed by atoms with Gasteiger partial charge < -0.3 is 5.32 Å². The molecule has 112 valence electrons. The van der Waals surface area contributed by atoms with Gasteiger partial charge in [-0.25, -0.2) is 4.39 Å². The fourth-order valence-corrected chi connectivity index (χ4v) is 3.05. The van der Waals surface area contributed by atoms with Crippen molar-refractivity contribution in [1.29, 1.82) is 0 Å². The number of halogens is 3. The van der Waals surface area contributed by atoms with Gasteiger partial charge in [0.25, 0.3) is 0 Å². The summed E-state index contributed by atoms with van der Waals surface area (Å²) in [6, 6.07) is 14.0. The second-order valence-corrected chi connectivity index (χ2v) is 6.81. The monoisotopic (exact) mass is 413 g/mol. The number of likely N-dealkylation sites (N-methyl/N-ethyl adjacent to an activating group) is 1. The van der Waals surface area contributed by atoms with Crippen LogP contribution in [0.1, 0.15) is 18.1 Å². The third-order valence-electron chi connectivity index (χ3n) is 3.35. The molecule has 0 aliphatic heterocycles. The highest BCUT2D eigenvalue weighted by atomic mass is 79.9. The summed E-state index contributed by atoms with van der Waals surface area (Å²) in [5.74, 6) is -0.216. The first kappa shape index (κ1) is 16.7. The molecule has 2 rings (SSSR count). The molecule has 21 heavy (non-hydrogen) atoms. The summed E-state index contributed by atoms with van der Waals surface area (Å²) in [6.45, 7) is 3.03. The zero-order valence-corrected chi connectivity index (χ0v) is 15.0. The smallest absolute Gasteiger partial charge is 0.137 e. The van der Waals surface area contributed by atoms with E-state index in [4.69, 9.17) is 0 Å². The highest BCUT2D eigenvalue weighted by Gasteiger charge is 2.11. The lowest BCUT2D eigenvalue weighted by Gasteiger charge is -2.18. The lowest BCUT2D eigenvalue weighted by atomic mass is 9.99. The van der Waals surface area contributed by atoms with Crippen LogP contribution in [0.5, 0.6) is 0 Å². The van der Waals surface area contributed by atoms with Crippen molar-refractivity contribution in [3.63, 3.8) is 0 Å². The van der Waals surface area contributed by atoms with Crippen LogP contribution in [-0.2, 0) is 12.8 Å². The average Bonchev–Trinajstić information content (AvgIpc) is 2.46. The standard InChI is InChI=1S/C17H18Br2FN/c1-2-21-15(9-12-3-6-14(18)7-4-12)10-13-5-8-17(20)16(19)11-13/h3-8,11,15,21H,2,9-10H2,1H3. The van der Waals surface area contributed by atoms with Crippen molar-refractivity contribution >= 4 is 31.9 Å². The molecular weight excluding hydrogens is 397 g/mol. The zero-order chi connectivity index (χ0) is 15.2. The molecule has 0 bridgehead atoms. The fraction of sp³-hybridized carbons (Fsp3) is 0.294. The van der Waals surface area contributed by atoms with Crippen molar-refractivity contribution in [3.05, 3.63) is 68.4 Å². The number of hydrogen-bond acceptors (Lipinski definition) is 1. The fourth-order valence-electron chi connectivity index (χ4n) is 2.36. The number of nitrogens with one attached hydrogen (secondary N) is 1. The van der Waals surface area contributed by atoms with E-state index in [2.05, 4.69) is 68.4 Å². The Kier molecular flexibility index (Phi) is 6.40. The van der Waals surface area contributed by atoms with Crippen molar-refractivity contribution in [2.45, 2.75) is 25.8 Å². The predicted molar refractivity (Wildman–Crippen MR) is 93.1 cm³/mol. The normalized spacial score (nSPS) is 12.4. The van der Waals surface area contributed by atoms with Gasteiger partial charge in [0, 0.05) is 10.5 Å². The largest absolute Gasteiger partial charge is 0.314 e. The van der Waals surface area contributed by atoms with E-state index in [0.717, 1.165) is 29.4 Å². The molecule has 1 N–H and O–H groups in total. The minimum Gasteiger partial charge on any atom is -0.314 e. The van der Waals surface area contributed by atoms with E-state index in [-0.39, 0.29) is 5.82 Å². The van der Waals surface area contributed by atoms with Gasteiger partial charge in [0.15, 0.2) is 0 Å². The van der Waals surface area contributed by atoms with Gasteiger partial charge in [-0.3, -0.25) is 0 Å². The van der Waals surface area contributed by atoms with E-state index in [1.165, 1.54) is 11.6 Å². The third kappa shape index (κ3) is 5.20. The second-order valence-electron chi connectivity index (χ2n) is 5.04. The first-order chi connectivity index (χ1) is 10.1. The van der Waals surface area contributed by atoms with Gasteiger partial charge in [-0.15, -0.1) is 0 Å². The maximum Gasteiger partial charge on any atom is 0.137 e. The molecule has 0 heterocycles. The topological polar surface area (TPSA) is 12.0 Å². The lowest BCUT2D eigenvalue weighted by Crippen LogP contribution is -2.33. The van der Waals surface area contributed by atoms with Crippen LogP contribution in [0.25, 0.3) is 0 Å². The van der Waals surface area contributed by atoms with Crippen LogP contribution in [0.4, 0.5) is 4.39 Å². The summed E-state index contributed by atoms with van der Waals surface area (Å²) in [6.07, 6.45) is 1.83. The van der Waals surface area contributed by atoms with Crippen molar-refractivity contribution in [2.75, 3.05) is 6.54 Å². The Morgan fingerprint density at radius 2 is 1.62 bits per heavy atom. The molecule has 0 radical (unpaired) electrons. The van der Waals surface area contributed by atoms with E-state index in [0.29, 0.717) is 10.5 Å². The van der Waals surface area contributed by atoms with Crippen LogP contribution in [0.3, 0.4) is 0 Å². The molecule has 2 aromatic rings. The maximum absolute atomic E-state index is 13.3. The summed E-state index contributed by atoms with van der Waals surface area (Å²) in [7, 11) is 0. The summed E-state index contributed by atoms with van der Waals surface area (Å²) in [5.41, 5.74) is 2.43. The molecule has 1 unspecified atom stereocenters. The molecule has 1 nitrogen and oxygen atoms in total. The molecule has 0 saturated carbocycles. The number of benzene rings is 2. The minimum atomic E-state index is -0.216. The van der Waals surface area contributed by atoms with E-state index < -0.39 is 0 Å². The molecule has 0 spiro atoms. The summed E-state index contributed by atoms with van der Waals surface area (Å²) in [5, 5.41) is 3.51. The van der Waals surface area contributed by atoms with Gasteiger partial charge in [-0.05, 0) is 70.7 Å². The van der Waals surface area contributed by atoms with Gasteiger partial charge in [0.1, 0.15) is 5.82 Å². The first-order valence-electron chi connectivity index (χ1n) is 7.00. The highest BCUT2D eigenvalue weighted by molar-refractivity contribution is 9.10. The molecule has 0 aromatic heterocycles. The van der Waals surface area contributed by atoms with Gasteiger partial charge in [0.05, 0.1) is 4.47 Å². The van der Waals surface area contributed by atoms with Gasteiger partial charge in [-0.1, -0.05) is 41.1 Å². The average molecular weight is 415 g/mol. The molecule has 0 aliphatic carbocycles. The Labute approximate surface area is 142 Å². The van der Waals surface area contributed by atoms with Crippen LogP contribution >= 0.6 is 31.9 Å². The van der Waals surface area contributed by atoms with Crippen LogP contribution in [-0.4, -0.2) is 12.6 Å². The highest BCUT2D eigenvalue weighted by Crippen LogP contribution is 2.19. The van der Waals surface area contributed by atoms with Crippen molar-refractivity contribution in [3.8, 4) is 0 Å². The molecule has 0 fully saturated rings. The van der Waals surface area contributed by atoms with Crippen molar-refractivity contribution < 1.29 is 4.39 Å². The van der Waals surface area contributed by atoms with Crippen molar-refractivity contribution in [1.82, 2.24) is 5.32 Å². The quantitative estimate of drug-likeness (QED) is 0.692. The molecule has 2 aromatic carbocycles. The number of rotatable bonds is 6. The first-order valence-corrected chi connectivity index (χ1v) is 8.59. The van der Waals surface area contributed by atoms with E-state index in [1.54, 1.807) is 0 Å².